The second kappa shape index (κ2) is 8.00. The van der Waals surface area contributed by atoms with E-state index in [1.807, 2.05) is 24.3 Å². The summed E-state index contributed by atoms with van der Waals surface area (Å²) in [5, 5.41) is 9.45. The molecule has 30 heavy (non-hydrogen) atoms. The van der Waals surface area contributed by atoms with Gasteiger partial charge in [0.15, 0.2) is 9.84 Å². The average molecular weight is 441 g/mol. The number of carboxylic acid groups (broad SMARTS) is 1. The third kappa shape index (κ3) is 3.82. The number of thiophene rings is 1. The first-order valence-corrected chi connectivity index (χ1v) is 12.5. The molecule has 0 aliphatic carbocycles. The molecule has 1 aliphatic rings. The SMILES string of the molecule is Cc1cccc(-c2ccc(-c3ccc([C@@]4(CC(=O)O)CCCCS4(=O)=O)s3)cc2)c1. The van der Waals surface area contributed by atoms with Crippen LogP contribution in [0.5, 0.6) is 0 Å². The molecule has 0 radical (unpaired) electrons. The van der Waals surface area contributed by atoms with E-state index >= 15 is 0 Å². The third-order valence-electron chi connectivity index (χ3n) is 5.85. The summed E-state index contributed by atoms with van der Waals surface area (Å²) >= 11 is 1.40. The number of rotatable bonds is 5. The van der Waals surface area contributed by atoms with Crippen LogP contribution in [0.15, 0.2) is 60.7 Å². The lowest BCUT2D eigenvalue weighted by Gasteiger charge is -2.34. The van der Waals surface area contributed by atoms with E-state index in [0.717, 1.165) is 28.0 Å². The molecule has 2 aromatic carbocycles. The second-order valence-corrected chi connectivity index (χ2v) is 11.5. The zero-order valence-corrected chi connectivity index (χ0v) is 18.4. The van der Waals surface area contributed by atoms with Crippen molar-refractivity contribution in [3.05, 3.63) is 71.1 Å². The van der Waals surface area contributed by atoms with E-state index in [1.54, 1.807) is 6.07 Å². The molecule has 0 bridgehead atoms. The van der Waals surface area contributed by atoms with Crippen molar-refractivity contribution in [1.29, 1.82) is 0 Å². The summed E-state index contributed by atoms with van der Waals surface area (Å²) < 4.78 is 24.6. The lowest BCUT2D eigenvalue weighted by Crippen LogP contribution is -2.41. The summed E-state index contributed by atoms with van der Waals surface area (Å²) in [6, 6.07) is 20.2. The van der Waals surface area contributed by atoms with E-state index < -0.39 is 20.6 Å². The Kier molecular flexibility index (Phi) is 5.55. The Bertz CT molecular complexity index is 1180. The maximum Gasteiger partial charge on any atom is 0.305 e. The van der Waals surface area contributed by atoms with Gasteiger partial charge in [-0.3, -0.25) is 4.79 Å². The Morgan fingerprint density at radius 3 is 2.40 bits per heavy atom. The Morgan fingerprint density at radius 2 is 1.73 bits per heavy atom. The molecule has 0 spiro atoms. The van der Waals surface area contributed by atoms with E-state index in [0.29, 0.717) is 17.7 Å². The summed E-state index contributed by atoms with van der Waals surface area (Å²) in [5.74, 6) is -1.02. The summed E-state index contributed by atoms with van der Waals surface area (Å²) in [6.45, 7) is 2.07. The lowest BCUT2D eigenvalue weighted by atomic mass is 9.95. The average Bonchev–Trinajstić information content (AvgIpc) is 3.20. The summed E-state index contributed by atoms with van der Waals surface area (Å²) in [6.07, 6.45) is 1.32. The topological polar surface area (TPSA) is 71.4 Å². The smallest absolute Gasteiger partial charge is 0.305 e. The molecule has 1 saturated heterocycles. The van der Waals surface area contributed by atoms with Crippen LogP contribution in [-0.4, -0.2) is 25.2 Å². The Balaban J connectivity index is 1.68. The van der Waals surface area contributed by atoms with Crippen LogP contribution in [0.25, 0.3) is 21.6 Å². The van der Waals surface area contributed by atoms with Crippen LogP contribution < -0.4 is 0 Å². The van der Waals surface area contributed by atoms with Gasteiger partial charge in [-0.2, -0.15) is 0 Å². The fourth-order valence-electron chi connectivity index (χ4n) is 4.25. The number of carbonyl (C=O) groups is 1. The van der Waals surface area contributed by atoms with Crippen LogP contribution in [0.4, 0.5) is 0 Å². The second-order valence-electron chi connectivity index (χ2n) is 7.95. The molecule has 0 amide bonds. The molecule has 4 rings (SSSR count). The van der Waals surface area contributed by atoms with Gasteiger partial charge in [0.1, 0.15) is 4.75 Å². The van der Waals surface area contributed by atoms with Crippen molar-refractivity contribution in [2.45, 2.75) is 37.4 Å². The van der Waals surface area contributed by atoms with E-state index in [1.165, 1.54) is 16.9 Å². The van der Waals surface area contributed by atoms with Gasteiger partial charge >= 0.3 is 5.97 Å². The standard InChI is InChI=1S/C24H24O4S2/c1-17-5-4-6-20(15-17)18-7-9-19(10-8-18)21-11-12-22(29-21)24(16-23(25)26)13-2-3-14-30(24,27)28/h4-12,15H,2-3,13-14,16H2,1H3,(H,25,26)/t24-/m0/s1. The van der Waals surface area contributed by atoms with Gasteiger partial charge in [0.05, 0.1) is 12.2 Å². The minimum atomic E-state index is -3.52. The minimum absolute atomic E-state index is 0.0543. The molecule has 1 aliphatic heterocycles. The molecule has 156 valence electrons. The Hall–Kier alpha value is -2.44. The third-order valence-corrected chi connectivity index (χ3v) is 9.90. The normalized spacial score (nSPS) is 20.7. The first-order chi connectivity index (χ1) is 14.3. The number of hydrogen-bond donors (Lipinski definition) is 1. The highest BCUT2D eigenvalue weighted by molar-refractivity contribution is 7.92. The van der Waals surface area contributed by atoms with Gasteiger partial charge in [-0.25, -0.2) is 8.42 Å². The van der Waals surface area contributed by atoms with E-state index in [2.05, 4.69) is 37.3 Å². The first-order valence-electron chi connectivity index (χ1n) is 10.0. The van der Waals surface area contributed by atoms with Gasteiger partial charge in [0, 0.05) is 9.75 Å². The molecule has 1 atom stereocenters. The van der Waals surface area contributed by atoms with Crippen molar-refractivity contribution in [3.8, 4) is 21.6 Å². The molecular weight excluding hydrogens is 416 g/mol. The fraction of sp³-hybridized carbons (Fsp3) is 0.292. The summed E-state index contributed by atoms with van der Waals surface area (Å²) in [7, 11) is -3.52. The van der Waals surface area contributed by atoms with Gasteiger partial charge in [-0.15, -0.1) is 11.3 Å². The molecule has 1 aromatic heterocycles. The van der Waals surface area contributed by atoms with Gasteiger partial charge in [-0.1, -0.05) is 60.5 Å². The van der Waals surface area contributed by atoms with Crippen molar-refractivity contribution in [1.82, 2.24) is 0 Å². The van der Waals surface area contributed by atoms with Crippen molar-refractivity contribution < 1.29 is 18.3 Å². The molecule has 0 saturated carbocycles. The highest BCUT2D eigenvalue weighted by atomic mass is 32.2. The van der Waals surface area contributed by atoms with Crippen molar-refractivity contribution in [2.75, 3.05) is 5.75 Å². The van der Waals surface area contributed by atoms with Gasteiger partial charge in [0.25, 0.3) is 0 Å². The molecule has 1 N–H and O–H groups in total. The molecule has 6 heteroatoms. The van der Waals surface area contributed by atoms with E-state index in [9.17, 15) is 18.3 Å². The van der Waals surface area contributed by atoms with Crippen molar-refractivity contribution in [3.63, 3.8) is 0 Å². The maximum atomic E-state index is 13.0. The Labute approximate surface area is 181 Å². The number of aryl methyl sites for hydroxylation is 1. The van der Waals surface area contributed by atoms with E-state index in [-0.39, 0.29) is 12.2 Å². The minimum Gasteiger partial charge on any atom is -0.481 e. The summed E-state index contributed by atoms with van der Waals surface area (Å²) in [5.41, 5.74) is 4.48. The van der Waals surface area contributed by atoms with Crippen molar-refractivity contribution in [2.24, 2.45) is 0 Å². The number of benzene rings is 2. The number of hydrogen-bond acceptors (Lipinski definition) is 4. The monoisotopic (exact) mass is 440 g/mol. The maximum absolute atomic E-state index is 13.0. The lowest BCUT2D eigenvalue weighted by molar-refractivity contribution is -0.137. The van der Waals surface area contributed by atoms with Crippen LogP contribution in [-0.2, 0) is 19.4 Å². The largest absolute Gasteiger partial charge is 0.481 e. The predicted molar refractivity (Wildman–Crippen MR) is 121 cm³/mol. The molecule has 0 unspecified atom stereocenters. The van der Waals surface area contributed by atoms with Crippen LogP contribution in [0.1, 0.15) is 36.1 Å². The van der Waals surface area contributed by atoms with Gasteiger partial charge in [-0.05, 0) is 48.6 Å². The molecule has 2 heterocycles. The van der Waals surface area contributed by atoms with Gasteiger partial charge in [0.2, 0.25) is 0 Å². The van der Waals surface area contributed by atoms with E-state index in [4.69, 9.17) is 0 Å². The Morgan fingerprint density at radius 1 is 1.00 bits per heavy atom. The van der Waals surface area contributed by atoms with Crippen LogP contribution in [0.3, 0.4) is 0 Å². The number of sulfone groups is 1. The quantitative estimate of drug-likeness (QED) is 0.556. The van der Waals surface area contributed by atoms with Crippen molar-refractivity contribution >= 4 is 27.1 Å². The van der Waals surface area contributed by atoms with Gasteiger partial charge < -0.3 is 5.11 Å². The zero-order valence-electron chi connectivity index (χ0n) is 16.8. The van der Waals surface area contributed by atoms with Crippen LogP contribution in [0, 0.1) is 6.92 Å². The first kappa shape index (κ1) is 20.8. The molecular formula is C24H24O4S2. The van der Waals surface area contributed by atoms with Crippen LogP contribution >= 0.6 is 11.3 Å². The number of aliphatic carboxylic acids is 1. The highest BCUT2D eigenvalue weighted by Gasteiger charge is 2.49. The molecule has 1 fully saturated rings. The zero-order chi connectivity index (χ0) is 21.4. The fourth-order valence-corrected chi connectivity index (χ4v) is 8.03. The highest BCUT2D eigenvalue weighted by Crippen LogP contribution is 2.47. The molecule has 4 nitrogen and oxygen atoms in total. The van der Waals surface area contributed by atoms with Crippen LogP contribution in [0.2, 0.25) is 0 Å². The molecule has 3 aromatic rings. The summed E-state index contributed by atoms with van der Waals surface area (Å²) in [4.78, 5) is 13.1. The number of carboxylic acids is 1. The predicted octanol–water partition coefficient (Wildman–Crippen LogP) is 5.66.